The molecule has 0 atom stereocenters. The van der Waals surface area contributed by atoms with Crippen LogP contribution in [0.2, 0.25) is 0 Å². The molecule has 0 fully saturated rings. The van der Waals surface area contributed by atoms with Crippen LogP contribution in [0.4, 0.5) is 0 Å². The van der Waals surface area contributed by atoms with Crippen LogP contribution in [0.25, 0.3) is 22.0 Å². The molecule has 3 rings (SSSR count). The zero-order valence-electron chi connectivity index (χ0n) is 10.5. The summed E-state index contributed by atoms with van der Waals surface area (Å²) in [6.07, 6.45) is 0. The van der Waals surface area contributed by atoms with Crippen LogP contribution < -0.4 is 0 Å². The molecule has 0 aliphatic heterocycles. The van der Waals surface area contributed by atoms with Gasteiger partial charge in [0.05, 0.1) is 0 Å². The van der Waals surface area contributed by atoms with Crippen LogP contribution in [0, 0.1) is 6.92 Å². The maximum atomic E-state index is 10.9. The number of carboxylic acids is 1. The van der Waals surface area contributed by atoms with Crippen LogP contribution >= 0.6 is 0 Å². The Morgan fingerprint density at radius 2 is 1.84 bits per heavy atom. The Kier molecular flexibility index (Phi) is 2.60. The lowest BCUT2D eigenvalue weighted by molar-refractivity contribution is 0.0691. The first-order chi connectivity index (χ1) is 9.13. The van der Waals surface area contributed by atoms with E-state index in [2.05, 4.69) is 30.1 Å². The van der Waals surface area contributed by atoms with Gasteiger partial charge in [-0.15, -0.1) is 0 Å². The first-order valence-corrected chi connectivity index (χ1v) is 6.06. The van der Waals surface area contributed by atoms with Crippen LogP contribution in [-0.2, 0) is 0 Å². The summed E-state index contributed by atoms with van der Waals surface area (Å²) in [4.78, 5) is 13.8. The number of nitrogens with one attached hydrogen (secondary N) is 1. The second-order valence-corrected chi connectivity index (χ2v) is 4.66. The SMILES string of the molecule is Cc1cccc(-c2ccc3[nH]c(C(=O)O)cc3c2)c1. The molecule has 94 valence electrons. The number of rotatable bonds is 2. The van der Waals surface area contributed by atoms with Gasteiger partial charge in [-0.05, 0) is 36.2 Å². The molecule has 0 spiro atoms. The fraction of sp³-hybridized carbons (Fsp3) is 0.0625. The summed E-state index contributed by atoms with van der Waals surface area (Å²) in [7, 11) is 0. The number of hydrogen-bond donors (Lipinski definition) is 2. The smallest absolute Gasteiger partial charge is 0.352 e. The number of aromatic carboxylic acids is 1. The van der Waals surface area contributed by atoms with E-state index in [4.69, 9.17) is 5.11 Å². The third-order valence-corrected chi connectivity index (χ3v) is 3.20. The van der Waals surface area contributed by atoms with Gasteiger partial charge in [-0.2, -0.15) is 0 Å². The standard InChI is InChI=1S/C16H13NO2/c1-10-3-2-4-11(7-10)12-5-6-14-13(8-12)9-15(17-14)16(18)19/h2-9,17H,1H3,(H,18,19). The van der Waals surface area contributed by atoms with Crippen molar-refractivity contribution in [3.05, 3.63) is 59.8 Å². The summed E-state index contributed by atoms with van der Waals surface area (Å²) < 4.78 is 0. The van der Waals surface area contributed by atoms with Crippen molar-refractivity contribution in [1.82, 2.24) is 4.98 Å². The second kappa shape index (κ2) is 4.28. The number of carboxylic acid groups (broad SMARTS) is 1. The van der Waals surface area contributed by atoms with Crippen LogP contribution in [0.3, 0.4) is 0 Å². The minimum Gasteiger partial charge on any atom is -0.477 e. The highest BCUT2D eigenvalue weighted by molar-refractivity contribution is 5.95. The predicted molar refractivity (Wildman–Crippen MR) is 75.4 cm³/mol. The Labute approximate surface area is 110 Å². The molecular weight excluding hydrogens is 238 g/mol. The Hall–Kier alpha value is -2.55. The molecule has 0 aliphatic rings. The molecule has 2 aromatic carbocycles. The van der Waals surface area contributed by atoms with Crippen molar-refractivity contribution in [3.8, 4) is 11.1 Å². The van der Waals surface area contributed by atoms with Gasteiger partial charge in [-0.3, -0.25) is 0 Å². The molecule has 0 aliphatic carbocycles. The van der Waals surface area contributed by atoms with E-state index in [1.165, 1.54) is 5.56 Å². The molecule has 0 bridgehead atoms. The molecule has 1 aromatic heterocycles. The highest BCUT2D eigenvalue weighted by atomic mass is 16.4. The van der Waals surface area contributed by atoms with Gasteiger partial charge in [0.15, 0.2) is 0 Å². The van der Waals surface area contributed by atoms with Crippen LogP contribution in [0.5, 0.6) is 0 Å². The number of aryl methyl sites for hydroxylation is 1. The van der Waals surface area contributed by atoms with E-state index in [9.17, 15) is 4.79 Å². The normalized spacial score (nSPS) is 10.8. The average Bonchev–Trinajstić information content (AvgIpc) is 2.81. The fourth-order valence-corrected chi connectivity index (χ4v) is 2.25. The van der Waals surface area contributed by atoms with Gasteiger partial charge in [0.2, 0.25) is 0 Å². The topological polar surface area (TPSA) is 53.1 Å². The third kappa shape index (κ3) is 2.10. The Balaban J connectivity index is 2.13. The van der Waals surface area contributed by atoms with Crippen molar-refractivity contribution in [1.29, 1.82) is 0 Å². The highest BCUT2D eigenvalue weighted by Gasteiger charge is 2.08. The third-order valence-electron chi connectivity index (χ3n) is 3.20. The van der Waals surface area contributed by atoms with E-state index in [1.807, 2.05) is 24.3 Å². The van der Waals surface area contributed by atoms with Gasteiger partial charge in [0.25, 0.3) is 0 Å². The van der Waals surface area contributed by atoms with Crippen molar-refractivity contribution >= 4 is 16.9 Å². The first kappa shape index (κ1) is 11.5. The maximum Gasteiger partial charge on any atom is 0.352 e. The molecular formula is C16H13NO2. The quantitative estimate of drug-likeness (QED) is 0.727. The number of H-pyrrole nitrogens is 1. The number of benzene rings is 2. The minimum absolute atomic E-state index is 0.219. The molecule has 3 aromatic rings. The fourth-order valence-electron chi connectivity index (χ4n) is 2.25. The summed E-state index contributed by atoms with van der Waals surface area (Å²) in [5.41, 5.74) is 4.50. The Bertz CT molecular complexity index is 771. The van der Waals surface area contributed by atoms with Gasteiger partial charge in [-0.25, -0.2) is 4.79 Å². The first-order valence-electron chi connectivity index (χ1n) is 6.06. The summed E-state index contributed by atoms with van der Waals surface area (Å²) in [5.74, 6) is -0.937. The summed E-state index contributed by atoms with van der Waals surface area (Å²) in [5, 5.41) is 9.89. The largest absolute Gasteiger partial charge is 0.477 e. The van der Waals surface area contributed by atoms with E-state index >= 15 is 0 Å². The summed E-state index contributed by atoms with van der Waals surface area (Å²) in [6, 6.07) is 15.8. The molecule has 3 heteroatoms. The lowest BCUT2D eigenvalue weighted by atomic mass is 10.0. The van der Waals surface area contributed by atoms with Crippen LogP contribution in [-0.4, -0.2) is 16.1 Å². The summed E-state index contributed by atoms with van der Waals surface area (Å²) in [6.45, 7) is 2.06. The molecule has 2 N–H and O–H groups in total. The van der Waals surface area contributed by atoms with Gasteiger partial charge in [0.1, 0.15) is 5.69 Å². The van der Waals surface area contributed by atoms with Crippen molar-refractivity contribution < 1.29 is 9.90 Å². The lowest BCUT2D eigenvalue weighted by Gasteiger charge is -2.03. The number of fused-ring (bicyclic) bond motifs is 1. The number of aromatic nitrogens is 1. The van der Waals surface area contributed by atoms with Crippen molar-refractivity contribution in [3.63, 3.8) is 0 Å². The molecule has 0 saturated carbocycles. The van der Waals surface area contributed by atoms with E-state index in [-0.39, 0.29) is 5.69 Å². The van der Waals surface area contributed by atoms with Gasteiger partial charge >= 0.3 is 5.97 Å². The number of hydrogen-bond acceptors (Lipinski definition) is 1. The minimum atomic E-state index is -0.937. The van der Waals surface area contributed by atoms with Crippen molar-refractivity contribution in [2.45, 2.75) is 6.92 Å². The van der Waals surface area contributed by atoms with E-state index in [0.29, 0.717) is 0 Å². The lowest BCUT2D eigenvalue weighted by Crippen LogP contribution is -1.94. The molecule has 0 saturated heterocycles. The average molecular weight is 251 g/mol. The monoisotopic (exact) mass is 251 g/mol. The van der Waals surface area contributed by atoms with Gasteiger partial charge < -0.3 is 10.1 Å². The molecule has 0 amide bonds. The zero-order valence-corrected chi connectivity index (χ0v) is 10.5. The van der Waals surface area contributed by atoms with Crippen LogP contribution in [0.15, 0.2) is 48.5 Å². The number of aromatic amines is 1. The van der Waals surface area contributed by atoms with E-state index in [1.54, 1.807) is 6.07 Å². The molecule has 0 radical (unpaired) electrons. The molecule has 19 heavy (non-hydrogen) atoms. The maximum absolute atomic E-state index is 10.9. The Morgan fingerprint density at radius 1 is 1.05 bits per heavy atom. The molecule has 1 heterocycles. The summed E-state index contributed by atoms with van der Waals surface area (Å²) >= 11 is 0. The van der Waals surface area contributed by atoms with Crippen molar-refractivity contribution in [2.75, 3.05) is 0 Å². The van der Waals surface area contributed by atoms with Crippen molar-refractivity contribution in [2.24, 2.45) is 0 Å². The highest BCUT2D eigenvalue weighted by Crippen LogP contribution is 2.25. The Morgan fingerprint density at radius 3 is 2.58 bits per heavy atom. The van der Waals surface area contributed by atoms with E-state index < -0.39 is 5.97 Å². The van der Waals surface area contributed by atoms with E-state index in [0.717, 1.165) is 22.0 Å². The molecule has 0 unspecified atom stereocenters. The van der Waals surface area contributed by atoms with Gasteiger partial charge in [0, 0.05) is 10.9 Å². The second-order valence-electron chi connectivity index (χ2n) is 4.66. The predicted octanol–water partition coefficient (Wildman–Crippen LogP) is 3.84. The van der Waals surface area contributed by atoms with Gasteiger partial charge in [-0.1, -0.05) is 35.9 Å². The zero-order chi connectivity index (χ0) is 13.4. The van der Waals surface area contributed by atoms with Crippen LogP contribution in [0.1, 0.15) is 16.1 Å². The molecule has 3 nitrogen and oxygen atoms in total. The number of carbonyl (C=O) groups is 1.